The van der Waals surface area contributed by atoms with Crippen LogP contribution in [0.25, 0.3) is 0 Å². The Morgan fingerprint density at radius 1 is 1.22 bits per heavy atom. The first-order valence-electron chi connectivity index (χ1n) is 10.9. The second-order valence-corrected chi connectivity index (χ2v) is 12.2. The summed E-state index contributed by atoms with van der Waals surface area (Å²) in [5, 5.41) is 18.9. The van der Waals surface area contributed by atoms with Crippen molar-refractivity contribution in [2.24, 2.45) is 22.5 Å². The molecular weight excluding hydrogens is 534 g/mol. The minimum absolute atomic E-state index is 0.0269. The summed E-state index contributed by atoms with van der Waals surface area (Å²) in [4.78, 5) is 24.7. The number of nitriles is 1. The number of carboxylic acid groups (broad SMARTS) is 1. The van der Waals surface area contributed by atoms with Gasteiger partial charge in [0.2, 0.25) is 5.91 Å². The molecule has 2 aromatic rings. The van der Waals surface area contributed by atoms with Crippen molar-refractivity contribution in [3.63, 3.8) is 0 Å². The Morgan fingerprint density at radius 2 is 1.92 bits per heavy atom. The first-order chi connectivity index (χ1) is 16.9. The number of hydrogen-bond donors (Lipinski definition) is 2. The summed E-state index contributed by atoms with van der Waals surface area (Å²) < 4.78 is 47.3. The fraction of sp³-hybridized carbons (Fsp3) is 0.375. The average Bonchev–Trinajstić information content (AvgIpc) is 3.45. The quantitative estimate of drug-likeness (QED) is 0.504. The maximum atomic E-state index is 14.4. The molecule has 12 heteroatoms. The minimum atomic E-state index is -4.14. The topological polar surface area (TPSA) is 148 Å². The van der Waals surface area contributed by atoms with E-state index in [9.17, 15) is 32.8 Å². The number of primary amides is 1. The Bertz CT molecular complexity index is 1400. The highest BCUT2D eigenvalue weighted by atomic mass is 35.5. The van der Waals surface area contributed by atoms with Gasteiger partial charge in [0, 0.05) is 16.5 Å². The van der Waals surface area contributed by atoms with E-state index >= 15 is 0 Å². The van der Waals surface area contributed by atoms with Gasteiger partial charge in [0.05, 0.1) is 33.9 Å². The molecule has 0 saturated heterocycles. The molecule has 2 aliphatic carbocycles. The number of carbonyl (C=O) groups excluding carboxylic acids is 1. The Kier molecular flexibility index (Phi) is 6.81. The molecule has 3 N–H and O–H groups in total. The lowest BCUT2D eigenvalue weighted by atomic mass is 9.75. The van der Waals surface area contributed by atoms with Crippen LogP contribution in [0.2, 0.25) is 10.0 Å². The predicted octanol–water partition coefficient (Wildman–Crippen LogP) is 3.74. The molecule has 1 amide bonds. The molecule has 2 fully saturated rings. The van der Waals surface area contributed by atoms with Crippen molar-refractivity contribution >= 4 is 44.9 Å². The number of carboxylic acids is 1. The van der Waals surface area contributed by atoms with Crippen LogP contribution in [0.15, 0.2) is 47.4 Å². The number of aliphatic carboxylic acids is 1. The van der Waals surface area contributed by atoms with E-state index in [1.165, 1.54) is 30.3 Å². The van der Waals surface area contributed by atoms with Crippen molar-refractivity contribution in [1.82, 2.24) is 0 Å². The molecule has 2 saturated carbocycles. The van der Waals surface area contributed by atoms with Gasteiger partial charge in [-0.2, -0.15) is 5.26 Å². The second-order valence-electron chi connectivity index (χ2n) is 9.12. The van der Waals surface area contributed by atoms with Gasteiger partial charge in [-0.3, -0.25) is 9.59 Å². The molecule has 0 aliphatic heterocycles. The lowest BCUT2D eigenvalue weighted by Crippen LogP contribution is -2.45. The summed E-state index contributed by atoms with van der Waals surface area (Å²) in [5.41, 5.74) is 1.81. The van der Waals surface area contributed by atoms with Crippen molar-refractivity contribution < 1.29 is 32.2 Å². The summed E-state index contributed by atoms with van der Waals surface area (Å²) >= 11 is 11.9. The summed E-state index contributed by atoms with van der Waals surface area (Å²) in [6, 6.07) is 11.5. The standard InChI is InChI=1S/C24H21Cl2FN2O6S/c25-14-6-5-13(17(27)7-14)11-35-20-8-15(36(33,34)18-4-2-1-3-16(18)26)9-24(20,22(31)32)19-10-23(19,12-28)21(29)30/h1-7,15,19-20H,8-11H2,(H2,29,30)(H,31,32)/t15-,19?,20+,23?,24+/m0/s1. The van der Waals surface area contributed by atoms with E-state index in [1.54, 1.807) is 6.07 Å². The van der Waals surface area contributed by atoms with Crippen LogP contribution in [0.1, 0.15) is 24.8 Å². The van der Waals surface area contributed by atoms with E-state index < -0.39 is 62.1 Å². The fourth-order valence-electron chi connectivity index (χ4n) is 5.25. The first kappa shape index (κ1) is 26.4. The zero-order chi connectivity index (χ0) is 26.5. The van der Waals surface area contributed by atoms with Crippen LogP contribution in [-0.2, 0) is 30.8 Å². The molecule has 0 spiro atoms. The first-order valence-corrected chi connectivity index (χ1v) is 13.2. The van der Waals surface area contributed by atoms with E-state index in [4.69, 9.17) is 33.7 Å². The van der Waals surface area contributed by atoms with E-state index in [1.807, 2.05) is 6.07 Å². The SMILES string of the molecule is N#CC1(C(N)=O)CC1[C@]1(C(=O)O)C[C@@H](S(=O)(=O)c2ccccc2Cl)C[C@H]1OCc1ccc(Cl)cc1F. The van der Waals surface area contributed by atoms with E-state index in [-0.39, 0.29) is 40.0 Å². The highest BCUT2D eigenvalue weighted by molar-refractivity contribution is 7.92. The minimum Gasteiger partial charge on any atom is -0.481 e. The predicted molar refractivity (Wildman–Crippen MR) is 127 cm³/mol. The number of ether oxygens (including phenoxy) is 1. The third kappa shape index (κ3) is 4.14. The van der Waals surface area contributed by atoms with Crippen LogP contribution in [-0.4, -0.2) is 36.8 Å². The third-order valence-corrected chi connectivity index (χ3v) is 10.2. The maximum Gasteiger partial charge on any atom is 0.312 e. The number of halogens is 3. The van der Waals surface area contributed by atoms with Crippen LogP contribution in [0, 0.1) is 33.9 Å². The van der Waals surface area contributed by atoms with Crippen LogP contribution < -0.4 is 5.73 Å². The van der Waals surface area contributed by atoms with Crippen LogP contribution in [0.4, 0.5) is 4.39 Å². The lowest BCUT2D eigenvalue weighted by Gasteiger charge is -2.32. The van der Waals surface area contributed by atoms with Gasteiger partial charge < -0.3 is 15.6 Å². The van der Waals surface area contributed by atoms with E-state index in [0.717, 1.165) is 6.07 Å². The van der Waals surface area contributed by atoms with Crippen molar-refractivity contribution in [3.05, 3.63) is 63.9 Å². The fourth-order valence-corrected chi connectivity index (χ4v) is 7.76. The highest BCUT2D eigenvalue weighted by Crippen LogP contribution is 2.67. The normalized spacial score (nSPS) is 29.4. The second kappa shape index (κ2) is 9.30. The molecule has 36 heavy (non-hydrogen) atoms. The van der Waals surface area contributed by atoms with Gasteiger partial charge in [0.25, 0.3) is 0 Å². The van der Waals surface area contributed by atoms with Crippen molar-refractivity contribution in [3.8, 4) is 6.07 Å². The van der Waals surface area contributed by atoms with E-state index in [2.05, 4.69) is 0 Å². The largest absolute Gasteiger partial charge is 0.481 e. The maximum absolute atomic E-state index is 14.4. The van der Waals surface area contributed by atoms with Crippen LogP contribution in [0.3, 0.4) is 0 Å². The molecule has 5 atom stereocenters. The van der Waals surface area contributed by atoms with Crippen molar-refractivity contribution in [1.29, 1.82) is 5.26 Å². The number of carbonyl (C=O) groups is 2. The van der Waals surface area contributed by atoms with Crippen molar-refractivity contribution in [2.45, 2.75) is 42.1 Å². The summed E-state index contributed by atoms with van der Waals surface area (Å²) in [7, 11) is -4.14. The summed E-state index contributed by atoms with van der Waals surface area (Å²) in [6.07, 6.45) is -2.14. The summed E-state index contributed by atoms with van der Waals surface area (Å²) in [5.74, 6) is -4.19. The Morgan fingerprint density at radius 3 is 2.47 bits per heavy atom. The smallest absolute Gasteiger partial charge is 0.312 e. The number of amides is 1. The van der Waals surface area contributed by atoms with Gasteiger partial charge in [0.15, 0.2) is 9.84 Å². The number of nitrogens with two attached hydrogens (primary N) is 1. The highest BCUT2D eigenvalue weighted by Gasteiger charge is 2.75. The molecule has 0 heterocycles. The zero-order valence-corrected chi connectivity index (χ0v) is 21.0. The van der Waals surface area contributed by atoms with Gasteiger partial charge in [-0.05, 0) is 43.5 Å². The molecule has 2 unspecified atom stereocenters. The molecule has 2 aliphatic rings. The Labute approximate surface area is 216 Å². The average molecular weight is 555 g/mol. The molecule has 4 rings (SSSR count). The molecule has 8 nitrogen and oxygen atoms in total. The van der Waals surface area contributed by atoms with Gasteiger partial charge >= 0.3 is 5.97 Å². The molecule has 0 radical (unpaired) electrons. The van der Waals surface area contributed by atoms with Gasteiger partial charge in [-0.1, -0.05) is 41.4 Å². The lowest BCUT2D eigenvalue weighted by molar-refractivity contribution is -0.161. The molecular formula is C24H21Cl2FN2O6S. The molecule has 190 valence electrons. The number of rotatable bonds is 8. The zero-order valence-electron chi connectivity index (χ0n) is 18.7. The van der Waals surface area contributed by atoms with Gasteiger partial charge in [0.1, 0.15) is 16.6 Å². The van der Waals surface area contributed by atoms with Gasteiger partial charge in [-0.15, -0.1) is 0 Å². The molecule has 0 aromatic heterocycles. The summed E-state index contributed by atoms with van der Waals surface area (Å²) in [6.45, 7) is -0.385. The number of benzene rings is 2. The Balaban J connectivity index is 1.76. The monoisotopic (exact) mass is 554 g/mol. The van der Waals surface area contributed by atoms with Crippen LogP contribution >= 0.6 is 23.2 Å². The molecule has 0 bridgehead atoms. The number of hydrogen-bond acceptors (Lipinski definition) is 6. The van der Waals surface area contributed by atoms with Gasteiger partial charge in [-0.25, -0.2) is 12.8 Å². The van der Waals surface area contributed by atoms with E-state index in [0.29, 0.717) is 0 Å². The number of sulfone groups is 1. The van der Waals surface area contributed by atoms with Crippen LogP contribution in [0.5, 0.6) is 0 Å². The third-order valence-electron chi connectivity index (χ3n) is 7.27. The number of nitrogens with zero attached hydrogens (tertiary/aromatic N) is 1. The van der Waals surface area contributed by atoms with Crippen molar-refractivity contribution in [2.75, 3.05) is 0 Å². The Hall–Kier alpha value is -2.71. The molecule has 2 aromatic carbocycles.